The molecule has 94 valence electrons. The number of hydrogen-bond donors (Lipinski definition) is 0. The van der Waals surface area contributed by atoms with Gasteiger partial charge in [-0.1, -0.05) is 13.2 Å². The molecule has 1 aromatic rings. The molecule has 0 spiro atoms. The molecule has 0 heterocycles. The minimum atomic E-state index is -1.44. The van der Waals surface area contributed by atoms with Crippen LogP contribution in [0, 0.1) is 11.6 Å². The molecule has 4 nitrogen and oxygen atoms in total. The Balaban J connectivity index is 3.04. The van der Waals surface area contributed by atoms with Gasteiger partial charge in [0, 0.05) is 12.2 Å². The van der Waals surface area contributed by atoms with Gasteiger partial charge in [0.25, 0.3) is 0 Å². The molecular weight excluding hydrogens is 246 g/mol. The molecular formula is C12H8F2O4. The summed E-state index contributed by atoms with van der Waals surface area (Å²) in [6.45, 7) is 6.21. The number of carbonyl (C=O) groups excluding carboxylic acids is 2. The van der Waals surface area contributed by atoms with Gasteiger partial charge in [0.2, 0.25) is 11.6 Å². The molecule has 0 saturated carbocycles. The van der Waals surface area contributed by atoms with E-state index in [1.54, 1.807) is 0 Å². The third-order valence-corrected chi connectivity index (χ3v) is 1.77. The second-order valence-electron chi connectivity index (χ2n) is 2.94. The number of ether oxygens (including phenoxy) is 2. The van der Waals surface area contributed by atoms with Crippen LogP contribution in [0.3, 0.4) is 0 Å². The predicted molar refractivity (Wildman–Crippen MR) is 58.0 cm³/mol. The highest BCUT2D eigenvalue weighted by atomic mass is 19.2. The minimum Gasteiger partial charge on any atom is -0.420 e. The number of hydrogen-bond acceptors (Lipinski definition) is 4. The van der Waals surface area contributed by atoms with Crippen LogP contribution < -0.4 is 9.47 Å². The molecule has 0 amide bonds. The standard InChI is InChI=1S/C12H8F2O4/c1-3-9(15)17-7-5-6-8(12(14)11(7)13)18-10(16)4-2/h3-6H,1-2H2. The first-order valence-electron chi connectivity index (χ1n) is 4.66. The van der Waals surface area contributed by atoms with Gasteiger partial charge in [-0.2, -0.15) is 8.78 Å². The van der Waals surface area contributed by atoms with Crippen LogP contribution in [0.2, 0.25) is 0 Å². The second kappa shape index (κ2) is 5.72. The molecule has 0 fully saturated rings. The molecule has 0 aliphatic rings. The van der Waals surface area contributed by atoms with Crippen LogP contribution in [0.1, 0.15) is 0 Å². The zero-order valence-corrected chi connectivity index (χ0v) is 9.11. The van der Waals surface area contributed by atoms with E-state index in [-0.39, 0.29) is 0 Å². The molecule has 0 bridgehead atoms. The number of rotatable bonds is 4. The lowest BCUT2D eigenvalue weighted by Crippen LogP contribution is -2.08. The van der Waals surface area contributed by atoms with Crippen LogP contribution in [-0.2, 0) is 9.59 Å². The van der Waals surface area contributed by atoms with Gasteiger partial charge in [-0.3, -0.25) is 0 Å². The monoisotopic (exact) mass is 254 g/mol. The molecule has 0 aliphatic heterocycles. The van der Waals surface area contributed by atoms with Gasteiger partial charge < -0.3 is 9.47 Å². The summed E-state index contributed by atoms with van der Waals surface area (Å²) < 4.78 is 35.7. The van der Waals surface area contributed by atoms with E-state index in [1.807, 2.05) is 0 Å². The van der Waals surface area contributed by atoms with Crippen molar-refractivity contribution in [3.63, 3.8) is 0 Å². The highest BCUT2D eigenvalue weighted by Gasteiger charge is 2.18. The summed E-state index contributed by atoms with van der Waals surface area (Å²) in [6, 6.07) is 1.90. The largest absolute Gasteiger partial charge is 0.420 e. The Bertz CT molecular complexity index is 476. The lowest BCUT2D eigenvalue weighted by Gasteiger charge is -2.07. The van der Waals surface area contributed by atoms with Crippen molar-refractivity contribution in [3.8, 4) is 11.5 Å². The number of esters is 2. The van der Waals surface area contributed by atoms with Gasteiger partial charge in [0.15, 0.2) is 11.5 Å². The van der Waals surface area contributed by atoms with Crippen molar-refractivity contribution < 1.29 is 27.8 Å². The summed E-state index contributed by atoms with van der Waals surface area (Å²) >= 11 is 0. The maximum absolute atomic E-state index is 13.4. The molecule has 0 unspecified atom stereocenters. The average molecular weight is 254 g/mol. The third-order valence-electron chi connectivity index (χ3n) is 1.77. The van der Waals surface area contributed by atoms with E-state index >= 15 is 0 Å². The molecule has 0 atom stereocenters. The Morgan fingerprint density at radius 1 is 0.944 bits per heavy atom. The molecule has 0 aliphatic carbocycles. The first-order chi connectivity index (χ1) is 8.49. The van der Waals surface area contributed by atoms with Crippen molar-refractivity contribution in [2.24, 2.45) is 0 Å². The van der Waals surface area contributed by atoms with Crippen LogP contribution in [0.5, 0.6) is 11.5 Å². The lowest BCUT2D eigenvalue weighted by atomic mass is 10.3. The summed E-state index contributed by atoms with van der Waals surface area (Å²) in [6.07, 6.45) is 1.59. The first kappa shape index (κ1) is 13.6. The van der Waals surface area contributed by atoms with Crippen molar-refractivity contribution in [2.45, 2.75) is 0 Å². The van der Waals surface area contributed by atoms with Crippen molar-refractivity contribution in [1.29, 1.82) is 0 Å². The fraction of sp³-hybridized carbons (Fsp3) is 0. The molecule has 18 heavy (non-hydrogen) atoms. The Hall–Kier alpha value is -2.50. The summed E-state index contributed by atoms with van der Waals surface area (Å²) in [5, 5.41) is 0. The Morgan fingerprint density at radius 2 is 1.28 bits per heavy atom. The van der Waals surface area contributed by atoms with Crippen LogP contribution >= 0.6 is 0 Å². The van der Waals surface area contributed by atoms with Crippen LogP contribution in [0.4, 0.5) is 8.78 Å². The fourth-order valence-electron chi connectivity index (χ4n) is 0.972. The number of carbonyl (C=O) groups is 2. The maximum Gasteiger partial charge on any atom is 0.335 e. The smallest absolute Gasteiger partial charge is 0.335 e. The second-order valence-corrected chi connectivity index (χ2v) is 2.94. The van der Waals surface area contributed by atoms with E-state index in [2.05, 4.69) is 22.6 Å². The normalized spacial score (nSPS) is 9.44. The molecule has 0 radical (unpaired) electrons. The van der Waals surface area contributed by atoms with Gasteiger partial charge in [-0.15, -0.1) is 0 Å². The Kier molecular flexibility index (Phi) is 4.31. The Labute approximate surface area is 101 Å². The lowest BCUT2D eigenvalue weighted by molar-refractivity contribution is -0.130. The molecule has 0 saturated heterocycles. The minimum absolute atomic E-state index is 0.629. The molecule has 1 aromatic carbocycles. The van der Waals surface area contributed by atoms with Gasteiger partial charge >= 0.3 is 11.9 Å². The molecule has 1 rings (SSSR count). The van der Waals surface area contributed by atoms with E-state index in [1.165, 1.54) is 0 Å². The van der Waals surface area contributed by atoms with Crippen molar-refractivity contribution in [2.75, 3.05) is 0 Å². The third kappa shape index (κ3) is 3.00. The quantitative estimate of drug-likeness (QED) is 0.469. The molecule has 0 N–H and O–H groups in total. The van der Waals surface area contributed by atoms with Crippen molar-refractivity contribution in [3.05, 3.63) is 49.1 Å². The van der Waals surface area contributed by atoms with Gasteiger partial charge in [0.05, 0.1) is 0 Å². The highest BCUT2D eigenvalue weighted by Crippen LogP contribution is 2.27. The van der Waals surface area contributed by atoms with Gasteiger partial charge in [0.1, 0.15) is 0 Å². The van der Waals surface area contributed by atoms with Gasteiger partial charge in [-0.25, -0.2) is 9.59 Å². The SMILES string of the molecule is C=CC(=O)Oc1ccc(OC(=O)C=C)c(F)c1F. The fourth-order valence-corrected chi connectivity index (χ4v) is 0.972. The predicted octanol–water partition coefficient (Wildman–Crippen LogP) is 2.15. The van der Waals surface area contributed by atoms with E-state index in [4.69, 9.17) is 0 Å². The number of halogens is 2. The van der Waals surface area contributed by atoms with Crippen molar-refractivity contribution in [1.82, 2.24) is 0 Å². The summed E-state index contributed by atoms with van der Waals surface area (Å²) in [4.78, 5) is 21.7. The topological polar surface area (TPSA) is 52.6 Å². The maximum atomic E-state index is 13.4. The average Bonchev–Trinajstić information content (AvgIpc) is 2.37. The van der Waals surface area contributed by atoms with E-state index in [9.17, 15) is 18.4 Å². The zero-order chi connectivity index (χ0) is 13.7. The zero-order valence-electron chi connectivity index (χ0n) is 9.11. The van der Waals surface area contributed by atoms with Crippen molar-refractivity contribution >= 4 is 11.9 Å². The van der Waals surface area contributed by atoms with Gasteiger partial charge in [-0.05, 0) is 12.1 Å². The van der Waals surface area contributed by atoms with Crippen LogP contribution in [-0.4, -0.2) is 11.9 Å². The van der Waals surface area contributed by atoms with E-state index in [0.717, 1.165) is 24.3 Å². The molecule has 0 aromatic heterocycles. The summed E-state index contributed by atoms with van der Waals surface area (Å²) in [7, 11) is 0. The van der Waals surface area contributed by atoms with E-state index < -0.39 is 35.1 Å². The van der Waals surface area contributed by atoms with Crippen LogP contribution in [0.15, 0.2) is 37.4 Å². The number of benzene rings is 1. The van der Waals surface area contributed by atoms with Crippen LogP contribution in [0.25, 0.3) is 0 Å². The summed E-state index contributed by atoms with van der Waals surface area (Å²) in [5.74, 6) is -6.03. The highest BCUT2D eigenvalue weighted by molar-refractivity contribution is 5.84. The molecule has 6 heteroatoms. The summed E-state index contributed by atoms with van der Waals surface area (Å²) in [5.41, 5.74) is 0. The Morgan fingerprint density at radius 3 is 1.56 bits per heavy atom. The first-order valence-corrected chi connectivity index (χ1v) is 4.66. The van der Waals surface area contributed by atoms with E-state index in [0.29, 0.717) is 0 Å².